The minimum atomic E-state index is -3.99. The number of aromatic nitrogens is 1. The molecule has 9 heteroatoms. The first kappa shape index (κ1) is 17.7. The molecular weight excluding hydrogens is 394 g/mol. The highest BCUT2D eigenvalue weighted by atomic mass is 35.5. The fourth-order valence-electron chi connectivity index (χ4n) is 3.05. The van der Waals surface area contributed by atoms with Gasteiger partial charge in [0.1, 0.15) is 4.90 Å². The van der Waals surface area contributed by atoms with Crippen molar-refractivity contribution in [3.8, 4) is 11.5 Å². The van der Waals surface area contributed by atoms with Gasteiger partial charge in [0.25, 0.3) is 10.0 Å². The molecule has 0 aliphatic carbocycles. The Balaban J connectivity index is 1.95. The molecule has 0 unspecified atom stereocenters. The average Bonchev–Trinajstić information content (AvgIpc) is 3.22. The Hall–Kier alpha value is -2.71. The van der Waals surface area contributed by atoms with E-state index in [0.717, 1.165) is 3.97 Å². The first-order chi connectivity index (χ1) is 12.9. The summed E-state index contributed by atoms with van der Waals surface area (Å²) in [5, 5.41) is 9.69. The lowest BCUT2D eigenvalue weighted by Gasteiger charge is -2.09. The lowest BCUT2D eigenvalue weighted by Crippen LogP contribution is -2.12. The number of aliphatic carboxylic acids is 1. The third-order valence-electron chi connectivity index (χ3n) is 4.33. The van der Waals surface area contributed by atoms with Crippen LogP contribution in [0, 0.1) is 0 Å². The second-order valence-electron chi connectivity index (χ2n) is 6.00. The average molecular weight is 408 g/mol. The molecule has 7 nitrogen and oxygen atoms in total. The number of carboxylic acid groups (broad SMARTS) is 1. The molecule has 2 aromatic carbocycles. The van der Waals surface area contributed by atoms with E-state index in [0.29, 0.717) is 28.0 Å². The fraction of sp³-hybridized carbons (Fsp3) is 0.167. The monoisotopic (exact) mass is 407 g/mol. The minimum Gasteiger partial charge on any atom is -0.481 e. The maximum absolute atomic E-state index is 13.2. The molecule has 1 aliphatic heterocycles. The summed E-state index contributed by atoms with van der Waals surface area (Å²) in [7, 11) is -3.99. The Morgan fingerprint density at radius 1 is 1.19 bits per heavy atom. The predicted molar refractivity (Wildman–Crippen MR) is 98.1 cm³/mol. The molecule has 0 atom stereocenters. The van der Waals surface area contributed by atoms with Crippen molar-refractivity contribution in [2.45, 2.75) is 17.7 Å². The molecule has 0 saturated heterocycles. The number of fused-ring (bicyclic) bond motifs is 2. The fourth-order valence-corrected chi connectivity index (χ4v) is 4.93. The van der Waals surface area contributed by atoms with Gasteiger partial charge in [-0.15, -0.1) is 0 Å². The van der Waals surface area contributed by atoms with E-state index in [4.69, 9.17) is 26.2 Å². The van der Waals surface area contributed by atoms with Crippen LogP contribution in [0.1, 0.15) is 12.0 Å². The van der Waals surface area contributed by atoms with Crippen LogP contribution in [-0.2, 0) is 21.2 Å². The van der Waals surface area contributed by atoms with E-state index in [1.54, 1.807) is 24.3 Å². The van der Waals surface area contributed by atoms with Crippen LogP contribution in [0.5, 0.6) is 11.5 Å². The maximum Gasteiger partial charge on any atom is 0.303 e. The van der Waals surface area contributed by atoms with Gasteiger partial charge in [0.2, 0.25) is 6.79 Å². The number of nitrogens with zero attached hydrogens (tertiary/aromatic N) is 1. The predicted octanol–water partition coefficient (Wildman–Crippen LogP) is 3.28. The molecule has 0 amide bonds. The number of ether oxygens (including phenoxy) is 2. The number of rotatable bonds is 5. The summed E-state index contributed by atoms with van der Waals surface area (Å²) < 4.78 is 38.3. The summed E-state index contributed by atoms with van der Waals surface area (Å²) >= 11 is 6.10. The maximum atomic E-state index is 13.2. The van der Waals surface area contributed by atoms with E-state index in [1.807, 2.05) is 0 Å². The van der Waals surface area contributed by atoms with Gasteiger partial charge in [-0.25, -0.2) is 12.4 Å². The number of carbonyl (C=O) groups is 1. The van der Waals surface area contributed by atoms with Crippen LogP contribution in [0.15, 0.2) is 47.5 Å². The Labute approximate surface area is 159 Å². The summed E-state index contributed by atoms with van der Waals surface area (Å²) in [5.74, 6) is -0.0430. The highest BCUT2D eigenvalue weighted by Gasteiger charge is 2.26. The summed E-state index contributed by atoms with van der Waals surface area (Å²) in [6.07, 6.45) is 1.48. The number of halogens is 1. The van der Waals surface area contributed by atoms with Crippen LogP contribution in [0.2, 0.25) is 5.02 Å². The van der Waals surface area contributed by atoms with Crippen LogP contribution in [0.3, 0.4) is 0 Å². The first-order valence-corrected chi connectivity index (χ1v) is 9.85. The van der Waals surface area contributed by atoms with Gasteiger partial charge in [0.15, 0.2) is 11.5 Å². The van der Waals surface area contributed by atoms with Crippen LogP contribution < -0.4 is 9.47 Å². The lowest BCUT2D eigenvalue weighted by atomic mass is 10.1. The van der Waals surface area contributed by atoms with E-state index in [2.05, 4.69) is 0 Å². The number of carboxylic acids is 1. The van der Waals surface area contributed by atoms with E-state index in [-0.39, 0.29) is 29.6 Å². The van der Waals surface area contributed by atoms with Crippen molar-refractivity contribution in [2.75, 3.05) is 6.79 Å². The van der Waals surface area contributed by atoms with E-state index < -0.39 is 16.0 Å². The molecule has 1 aromatic heterocycles. The Bertz CT molecular complexity index is 1170. The van der Waals surface area contributed by atoms with Crippen molar-refractivity contribution >= 4 is 38.5 Å². The SMILES string of the molecule is O=C(O)CCc1cn(S(=O)(=O)c2ccccc2Cl)c2cc3c(cc12)OCO3. The van der Waals surface area contributed by atoms with Crippen LogP contribution >= 0.6 is 11.6 Å². The summed E-state index contributed by atoms with van der Waals surface area (Å²) in [6, 6.07) is 9.41. The van der Waals surface area contributed by atoms with Crippen LogP contribution in [-0.4, -0.2) is 30.3 Å². The largest absolute Gasteiger partial charge is 0.481 e. The number of hydrogen-bond acceptors (Lipinski definition) is 5. The van der Waals surface area contributed by atoms with Crippen molar-refractivity contribution in [3.63, 3.8) is 0 Å². The molecule has 0 radical (unpaired) electrons. The molecule has 0 saturated carbocycles. The van der Waals surface area contributed by atoms with Crippen molar-refractivity contribution in [1.82, 2.24) is 3.97 Å². The summed E-state index contributed by atoms with van der Waals surface area (Å²) in [6.45, 7) is 0.0453. The molecular formula is C18H14ClNO6S. The zero-order valence-electron chi connectivity index (χ0n) is 13.9. The zero-order chi connectivity index (χ0) is 19.2. The van der Waals surface area contributed by atoms with E-state index in [9.17, 15) is 13.2 Å². The molecule has 0 fully saturated rings. The summed E-state index contributed by atoms with van der Waals surface area (Å²) in [5.41, 5.74) is 0.959. The normalized spacial score (nSPS) is 13.2. The highest BCUT2D eigenvalue weighted by molar-refractivity contribution is 7.90. The number of aryl methyl sites for hydroxylation is 1. The van der Waals surface area contributed by atoms with E-state index in [1.165, 1.54) is 18.3 Å². The molecule has 2 heterocycles. The zero-order valence-corrected chi connectivity index (χ0v) is 15.5. The highest BCUT2D eigenvalue weighted by Crippen LogP contribution is 2.39. The van der Waals surface area contributed by atoms with Crippen molar-refractivity contribution in [3.05, 3.63) is 53.2 Å². The van der Waals surface area contributed by atoms with Crippen molar-refractivity contribution in [1.29, 1.82) is 0 Å². The van der Waals surface area contributed by atoms with Crippen LogP contribution in [0.25, 0.3) is 10.9 Å². The molecule has 0 spiro atoms. The Morgan fingerprint density at radius 3 is 2.59 bits per heavy atom. The van der Waals surface area contributed by atoms with E-state index >= 15 is 0 Å². The lowest BCUT2D eigenvalue weighted by molar-refractivity contribution is -0.136. The van der Waals surface area contributed by atoms with Gasteiger partial charge >= 0.3 is 5.97 Å². The standard InChI is InChI=1S/C18H14ClNO6S/c19-13-3-1-2-4-17(13)27(23,24)20-9-11(5-6-18(21)22)12-7-15-16(8-14(12)20)26-10-25-15/h1-4,7-9H,5-6,10H2,(H,21,22). The van der Waals surface area contributed by atoms with Crippen molar-refractivity contribution < 1.29 is 27.8 Å². The van der Waals surface area contributed by atoms with Gasteiger partial charge in [-0.3, -0.25) is 4.79 Å². The van der Waals surface area contributed by atoms with Gasteiger partial charge in [0.05, 0.1) is 10.5 Å². The van der Waals surface area contributed by atoms with Crippen molar-refractivity contribution in [2.24, 2.45) is 0 Å². The molecule has 0 bridgehead atoms. The van der Waals surface area contributed by atoms with Gasteiger partial charge in [-0.1, -0.05) is 23.7 Å². The quantitative estimate of drug-likeness (QED) is 0.697. The number of benzene rings is 2. The molecule has 4 rings (SSSR count). The first-order valence-electron chi connectivity index (χ1n) is 8.03. The molecule has 1 N–H and O–H groups in total. The second-order valence-corrected chi connectivity index (χ2v) is 8.19. The molecule has 1 aliphatic rings. The second kappa shape index (κ2) is 6.47. The van der Waals surface area contributed by atoms with Gasteiger partial charge in [-0.05, 0) is 30.2 Å². The smallest absolute Gasteiger partial charge is 0.303 e. The third kappa shape index (κ3) is 3.00. The molecule has 3 aromatic rings. The summed E-state index contributed by atoms with van der Waals surface area (Å²) in [4.78, 5) is 10.9. The number of hydrogen-bond donors (Lipinski definition) is 1. The van der Waals surface area contributed by atoms with Crippen LogP contribution in [0.4, 0.5) is 0 Å². The Kier molecular flexibility index (Phi) is 4.24. The van der Waals surface area contributed by atoms with Gasteiger partial charge in [0, 0.05) is 24.1 Å². The molecule has 140 valence electrons. The minimum absolute atomic E-state index is 0.0361. The third-order valence-corrected chi connectivity index (χ3v) is 6.50. The van der Waals surface area contributed by atoms with Gasteiger partial charge in [-0.2, -0.15) is 0 Å². The molecule has 27 heavy (non-hydrogen) atoms. The topological polar surface area (TPSA) is 94.8 Å². The van der Waals surface area contributed by atoms with Gasteiger partial charge < -0.3 is 14.6 Å². The Morgan fingerprint density at radius 2 is 1.89 bits per heavy atom.